The van der Waals surface area contributed by atoms with Gasteiger partial charge in [0.15, 0.2) is 0 Å². The zero-order valence-corrected chi connectivity index (χ0v) is 11.9. The van der Waals surface area contributed by atoms with E-state index >= 15 is 0 Å². The van der Waals surface area contributed by atoms with E-state index in [-0.39, 0.29) is 0 Å². The first-order valence-corrected chi connectivity index (χ1v) is 7.37. The van der Waals surface area contributed by atoms with Crippen molar-refractivity contribution < 1.29 is 4.74 Å². The zero-order valence-electron chi connectivity index (χ0n) is 11.9. The van der Waals surface area contributed by atoms with E-state index in [9.17, 15) is 0 Å². The summed E-state index contributed by atoms with van der Waals surface area (Å²) in [5, 5.41) is 0. The van der Waals surface area contributed by atoms with Gasteiger partial charge in [-0.2, -0.15) is 0 Å². The molecule has 2 N–H and O–H groups in total. The first-order valence-electron chi connectivity index (χ1n) is 7.37. The summed E-state index contributed by atoms with van der Waals surface area (Å²) >= 11 is 0. The van der Waals surface area contributed by atoms with Crippen molar-refractivity contribution in [3.05, 3.63) is 30.1 Å². The maximum atomic E-state index is 6.24. The molecule has 0 atom stereocenters. The second-order valence-electron chi connectivity index (χ2n) is 5.24. The summed E-state index contributed by atoms with van der Waals surface area (Å²) in [6.07, 6.45) is 4.45. The number of ether oxygens (including phenoxy) is 1. The molecular formula is C16H21N3O. The monoisotopic (exact) mass is 271 g/mol. The SMILES string of the molecule is CCCOc1ccc(-c2nc3n(c2N)CCCC3)cc1. The molecule has 1 aromatic carbocycles. The Labute approximate surface area is 119 Å². The van der Waals surface area contributed by atoms with Gasteiger partial charge < -0.3 is 15.0 Å². The maximum Gasteiger partial charge on any atom is 0.131 e. The molecule has 0 aliphatic carbocycles. The van der Waals surface area contributed by atoms with Crippen LogP contribution >= 0.6 is 0 Å². The van der Waals surface area contributed by atoms with Crippen LogP contribution in [-0.2, 0) is 13.0 Å². The van der Waals surface area contributed by atoms with Gasteiger partial charge in [-0.05, 0) is 43.5 Å². The number of hydrogen-bond acceptors (Lipinski definition) is 3. The Morgan fingerprint density at radius 1 is 1.25 bits per heavy atom. The Morgan fingerprint density at radius 2 is 2.05 bits per heavy atom. The van der Waals surface area contributed by atoms with Gasteiger partial charge in [0, 0.05) is 18.5 Å². The van der Waals surface area contributed by atoms with Crippen LogP contribution in [-0.4, -0.2) is 16.2 Å². The first-order chi connectivity index (χ1) is 9.79. The molecule has 1 aliphatic heterocycles. The lowest BCUT2D eigenvalue weighted by Gasteiger charge is -2.14. The van der Waals surface area contributed by atoms with E-state index in [1.165, 1.54) is 12.8 Å². The number of benzene rings is 1. The highest BCUT2D eigenvalue weighted by atomic mass is 16.5. The quantitative estimate of drug-likeness (QED) is 0.928. The van der Waals surface area contributed by atoms with Crippen molar-refractivity contribution in [1.29, 1.82) is 0 Å². The number of hydrogen-bond donors (Lipinski definition) is 1. The van der Waals surface area contributed by atoms with Crippen molar-refractivity contribution in [3.63, 3.8) is 0 Å². The Kier molecular flexibility index (Phi) is 3.63. The van der Waals surface area contributed by atoms with Crippen LogP contribution in [0.4, 0.5) is 5.82 Å². The fourth-order valence-electron chi connectivity index (χ4n) is 2.65. The standard InChI is InChI=1S/C16H21N3O/c1-2-11-20-13-8-6-12(7-9-13)15-16(17)19-10-4-3-5-14(19)18-15/h6-9H,2-5,10-11,17H2,1H3. The van der Waals surface area contributed by atoms with Crippen LogP contribution in [0, 0.1) is 0 Å². The van der Waals surface area contributed by atoms with E-state index in [0.717, 1.165) is 54.6 Å². The summed E-state index contributed by atoms with van der Waals surface area (Å²) in [6, 6.07) is 8.05. The number of aromatic nitrogens is 2. The van der Waals surface area contributed by atoms with Crippen LogP contribution in [0.2, 0.25) is 0 Å². The van der Waals surface area contributed by atoms with Crippen LogP contribution in [0.25, 0.3) is 11.3 Å². The van der Waals surface area contributed by atoms with Gasteiger partial charge in [0.2, 0.25) is 0 Å². The van der Waals surface area contributed by atoms with Gasteiger partial charge in [0.05, 0.1) is 6.61 Å². The molecule has 0 spiro atoms. The molecule has 4 nitrogen and oxygen atoms in total. The van der Waals surface area contributed by atoms with E-state index in [0.29, 0.717) is 0 Å². The maximum absolute atomic E-state index is 6.24. The van der Waals surface area contributed by atoms with Crippen molar-refractivity contribution in [2.45, 2.75) is 39.2 Å². The van der Waals surface area contributed by atoms with Crippen molar-refractivity contribution in [2.24, 2.45) is 0 Å². The van der Waals surface area contributed by atoms with E-state index in [2.05, 4.69) is 11.5 Å². The molecule has 1 aliphatic rings. The smallest absolute Gasteiger partial charge is 0.131 e. The number of nitrogen functional groups attached to an aromatic ring is 1. The normalized spacial score (nSPS) is 14.1. The van der Waals surface area contributed by atoms with E-state index < -0.39 is 0 Å². The molecule has 0 saturated carbocycles. The predicted molar refractivity (Wildman–Crippen MR) is 80.8 cm³/mol. The van der Waals surface area contributed by atoms with Gasteiger partial charge >= 0.3 is 0 Å². The topological polar surface area (TPSA) is 53.1 Å². The largest absolute Gasteiger partial charge is 0.494 e. The molecule has 2 aromatic rings. The van der Waals surface area contributed by atoms with Crippen LogP contribution in [0.15, 0.2) is 24.3 Å². The molecule has 0 saturated heterocycles. The first kappa shape index (κ1) is 13.0. The van der Waals surface area contributed by atoms with Crippen molar-refractivity contribution in [1.82, 2.24) is 9.55 Å². The molecule has 20 heavy (non-hydrogen) atoms. The third kappa shape index (κ3) is 2.38. The molecule has 3 rings (SSSR count). The molecule has 2 heterocycles. The van der Waals surface area contributed by atoms with Gasteiger partial charge in [-0.15, -0.1) is 0 Å². The highest BCUT2D eigenvalue weighted by molar-refractivity contribution is 5.71. The third-order valence-electron chi connectivity index (χ3n) is 3.72. The zero-order chi connectivity index (χ0) is 13.9. The van der Waals surface area contributed by atoms with Gasteiger partial charge in [-0.1, -0.05) is 6.92 Å². The van der Waals surface area contributed by atoms with Crippen molar-refractivity contribution in [3.8, 4) is 17.0 Å². The highest BCUT2D eigenvalue weighted by Gasteiger charge is 2.18. The summed E-state index contributed by atoms with van der Waals surface area (Å²) in [5.41, 5.74) is 8.21. The molecule has 4 heteroatoms. The molecular weight excluding hydrogens is 250 g/mol. The lowest BCUT2D eigenvalue weighted by atomic mass is 10.1. The molecule has 0 unspecified atom stereocenters. The van der Waals surface area contributed by atoms with Crippen molar-refractivity contribution >= 4 is 5.82 Å². The van der Waals surface area contributed by atoms with Crippen LogP contribution in [0.1, 0.15) is 32.0 Å². The number of nitrogens with two attached hydrogens (primary N) is 1. The van der Waals surface area contributed by atoms with Crippen LogP contribution in [0.5, 0.6) is 5.75 Å². The van der Waals surface area contributed by atoms with Gasteiger partial charge in [0.1, 0.15) is 23.1 Å². The number of anilines is 1. The fraction of sp³-hybridized carbons (Fsp3) is 0.438. The Morgan fingerprint density at radius 3 is 2.75 bits per heavy atom. The predicted octanol–water partition coefficient (Wildman–Crippen LogP) is 3.26. The lowest BCUT2D eigenvalue weighted by molar-refractivity contribution is 0.317. The van der Waals surface area contributed by atoms with Crippen LogP contribution in [0.3, 0.4) is 0 Å². The van der Waals surface area contributed by atoms with Crippen LogP contribution < -0.4 is 10.5 Å². The lowest BCUT2D eigenvalue weighted by Crippen LogP contribution is -2.12. The van der Waals surface area contributed by atoms with E-state index in [1.807, 2.05) is 24.3 Å². The molecule has 106 valence electrons. The van der Waals surface area contributed by atoms with Crippen molar-refractivity contribution in [2.75, 3.05) is 12.3 Å². The number of imidazole rings is 1. The number of aryl methyl sites for hydroxylation is 1. The molecule has 0 amide bonds. The molecule has 0 bridgehead atoms. The summed E-state index contributed by atoms with van der Waals surface area (Å²) in [6.45, 7) is 3.84. The summed E-state index contributed by atoms with van der Waals surface area (Å²) in [5.74, 6) is 2.81. The average Bonchev–Trinajstić information content (AvgIpc) is 2.83. The van der Waals surface area contributed by atoms with Gasteiger partial charge in [-0.25, -0.2) is 4.98 Å². The Bertz CT molecular complexity index is 587. The average molecular weight is 271 g/mol. The Hall–Kier alpha value is -1.97. The highest BCUT2D eigenvalue weighted by Crippen LogP contribution is 2.30. The van der Waals surface area contributed by atoms with E-state index in [1.54, 1.807) is 0 Å². The third-order valence-corrected chi connectivity index (χ3v) is 3.72. The van der Waals surface area contributed by atoms with Gasteiger partial charge in [0.25, 0.3) is 0 Å². The minimum absolute atomic E-state index is 0.750. The van der Waals surface area contributed by atoms with E-state index in [4.69, 9.17) is 15.5 Å². The minimum atomic E-state index is 0.750. The molecule has 0 fully saturated rings. The molecule has 0 radical (unpaired) electrons. The fourth-order valence-corrected chi connectivity index (χ4v) is 2.65. The number of nitrogens with zero attached hydrogens (tertiary/aromatic N) is 2. The summed E-state index contributed by atoms with van der Waals surface area (Å²) in [7, 11) is 0. The molecule has 1 aromatic heterocycles. The second kappa shape index (κ2) is 5.57. The minimum Gasteiger partial charge on any atom is -0.494 e. The Balaban J connectivity index is 1.87. The second-order valence-corrected chi connectivity index (χ2v) is 5.24. The number of fused-ring (bicyclic) bond motifs is 1. The van der Waals surface area contributed by atoms with Gasteiger partial charge in [-0.3, -0.25) is 0 Å². The summed E-state index contributed by atoms with van der Waals surface area (Å²) < 4.78 is 7.75. The number of rotatable bonds is 4. The summed E-state index contributed by atoms with van der Waals surface area (Å²) in [4.78, 5) is 4.71.